The van der Waals surface area contributed by atoms with Crippen molar-refractivity contribution in [1.82, 2.24) is 4.98 Å². The van der Waals surface area contributed by atoms with E-state index in [9.17, 15) is 15.0 Å². The number of aromatic nitrogens is 1. The van der Waals surface area contributed by atoms with Crippen LogP contribution in [0.1, 0.15) is 43.0 Å². The minimum absolute atomic E-state index is 0.0438. The van der Waals surface area contributed by atoms with E-state index in [-0.39, 0.29) is 22.3 Å². The lowest BCUT2D eigenvalue weighted by Gasteiger charge is -2.35. The summed E-state index contributed by atoms with van der Waals surface area (Å²) in [6.45, 7) is 2.86. The lowest BCUT2D eigenvalue weighted by molar-refractivity contribution is 0.0427. The first-order valence-electron chi connectivity index (χ1n) is 8.24. The Balaban J connectivity index is 1.56. The summed E-state index contributed by atoms with van der Waals surface area (Å²) in [4.78, 5) is 14.0. The second-order valence-electron chi connectivity index (χ2n) is 6.94. The summed E-state index contributed by atoms with van der Waals surface area (Å²) in [5, 5.41) is 19.3. The Morgan fingerprint density at radius 1 is 1.29 bits per heavy atom. The number of aromatic amines is 1. The van der Waals surface area contributed by atoms with Gasteiger partial charge in [-0.25, -0.2) is 0 Å². The van der Waals surface area contributed by atoms with Gasteiger partial charge in [0.2, 0.25) is 5.88 Å². The largest absolute Gasteiger partial charge is 0.494 e. The topological polar surface area (TPSA) is 82.6 Å². The van der Waals surface area contributed by atoms with Crippen molar-refractivity contribution in [3.8, 4) is 11.6 Å². The normalized spacial score (nSPS) is 24.0. The summed E-state index contributed by atoms with van der Waals surface area (Å²) in [5.74, 6) is 0.773. The lowest BCUT2D eigenvalue weighted by Crippen LogP contribution is -2.32. The molecule has 1 aliphatic rings. The number of ether oxygens (including phenoxy) is 1. The number of aromatic hydroxyl groups is 1. The summed E-state index contributed by atoms with van der Waals surface area (Å²) in [6.07, 6.45) is 4.03. The molecule has 1 aromatic carbocycles. The number of nitrogens with one attached hydrogen (secondary N) is 1. The Hall–Kier alpha value is -1.79. The number of rotatable bonds is 5. The van der Waals surface area contributed by atoms with Crippen molar-refractivity contribution in [3.63, 3.8) is 0 Å². The number of H-pyrrole nitrogens is 1. The summed E-state index contributed by atoms with van der Waals surface area (Å²) in [5.41, 5.74) is 1.14. The highest BCUT2D eigenvalue weighted by Crippen LogP contribution is 2.36. The van der Waals surface area contributed by atoms with E-state index >= 15 is 0 Å². The van der Waals surface area contributed by atoms with Crippen LogP contribution >= 0.6 is 11.3 Å². The van der Waals surface area contributed by atoms with Gasteiger partial charge in [0.1, 0.15) is 5.75 Å². The van der Waals surface area contributed by atoms with E-state index < -0.39 is 0 Å². The van der Waals surface area contributed by atoms with Crippen LogP contribution in [0.15, 0.2) is 29.1 Å². The minimum atomic E-state index is -0.242. The molecule has 1 saturated carbocycles. The van der Waals surface area contributed by atoms with Crippen LogP contribution in [-0.4, -0.2) is 27.9 Å². The van der Waals surface area contributed by atoms with E-state index in [0.29, 0.717) is 17.9 Å². The fourth-order valence-corrected chi connectivity index (χ4v) is 3.82. The van der Waals surface area contributed by atoms with E-state index in [4.69, 9.17) is 4.74 Å². The molecule has 1 fully saturated rings. The van der Waals surface area contributed by atoms with Gasteiger partial charge in [0.15, 0.2) is 0 Å². The van der Waals surface area contributed by atoms with E-state index in [1.54, 1.807) is 0 Å². The molecule has 130 valence electrons. The summed E-state index contributed by atoms with van der Waals surface area (Å²) in [6, 6.07) is 7.74. The first kappa shape index (κ1) is 17.0. The number of benzene rings is 1. The van der Waals surface area contributed by atoms with E-state index in [2.05, 4.69) is 11.9 Å². The molecule has 3 N–H and O–H groups in total. The standard InChI is InChI=1S/C18H23NO4S/c1-18(8-6-13(20)7-9-18)11-23-14-4-2-12(3-5-14)10-15-16(21)19-17(22)24-15/h2-5,13,20-21H,6-11H2,1H3,(H,19,22). The molecular weight excluding hydrogens is 326 g/mol. The second kappa shape index (κ2) is 6.99. The fraction of sp³-hybridized carbons (Fsp3) is 0.500. The first-order chi connectivity index (χ1) is 11.4. The van der Waals surface area contributed by atoms with Crippen molar-refractivity contribution in [1.29, 1.82) is 0 Å². The maximum absolute atomic E-state index is 11.2. The summed E-state index contributed by atoms with van der Waals surface area (Å²) in [7, 11) is 0. The number of thiazole rings is 1. The van der Waals surface area contributed by atoms with E-state index in [0.717, 1.165) is 48.3 Å². The van der Waals surface area contributed by atoms with Crippen molar-refractivity contribution in [2.24, 2.45) is 5.41 Å². The van der Waals surface area contributed by atoms with Gasteiger partial charge in [-0.1, -0.05) is 30.4 Å². The zero-order valence-corrected chi connectivity index (χ0v) is 14.6. The molecule has 1 heterocycles. The molecule has 0 atom stereocenters. The smallest absolute Gasteiger partial charge is 0.307 e. The molecule has 0 aliphatic heterocycles. The highest BCUT2D eigenvalue weighted by Gasteiger charge is 2.31. The monoisotopic (exact) mass is 349 g/mol. The van der Waals surface area contributed by atoms with E-state index in [1.165, 1.54) is 0 Å². The predicted octanol–water partition coefficient (Wildman–Crippen LogP) is 3.05. The minimum Gasteiger partial charge on any atom is -0.494 e. The quantitative estimate of drug-likeness (QED) is 0.775. The molecule has 0 unspecified atom stereocenters. The van der Waals surface area contributed by atoms with Crippen molar-refractivity contribution >= 4 is 11.3 Å². The number of hydrogen-bond donors (Lipinski definition) is 3. The Labute approximate surface area is 144 Å². The Kier molecular flexibility index (Phi) is 4.96. The van der Waals surface area contributed by atoms with Crippen LogP contribution in [-0.2, 0) is 6.42 Å². The summed E-state index contributed by atoms with van der Waals surface area (Å²) < 4.78 is 5.93. The van der Waals surface area contributed by atoms with Crippen LogP contribution in [0.5, 0.6) is 11.6 Å². The van der Waals surface area contributed by atoms with Crippen LogP contribution in [0.4, 0.5) is 0 Å². The molecule has 0 bridgehead atoms. The fourth-order valence-electron chi connectivity index (χ4n) is 3.06. The van der Waals surface area contributed by atoms with Gasteiger partial charge in [-0.15, -0.1) is 0 Å². The molecule has 5 nitrogen and oxygen atoms in total. The van der Waals surface area contributed by atoms with Gasteiger partial charge in [-0.05, 0) is 43.4 Å². The van der Waals surface area contributed by atoms with Crippen molar-refractivity contribution in [3.05, 3.63) is 44.4 Å². The average molecular weight is 349 g/mol. The third-order valence-electron chi connectivity index (χ3n) is 4.74. The zero-order valence-electron chi connectivity index (χ0n) is 13.7. The van der Waals surface area contributed by atoms with Crippen LogP contribution in [0.3, 0.4) is 0 Å². The zero-order chi connectivity index (χ0) is 17.2. The number of hydrogen-bond acceptors (Lipinski definition) is 5. The van der Waals surface area contributed by atoms with Gasteiger partial charge in [0.25, 0.3) is 0 Å². The molecule has 0 spiro atoms. The van der Waals surface area contributed by atoms with Crippen LogP contribution in [0, 0.1) is 5.41 Å². The third-order valence-corrected chi connectivity index (χ3v) is 5.61. The molecule has 24 heavy (non-hydrogen) atoms. The first-order valence-corrected chi connectivity index (χ1v) is 9.06. The number of aliphatic hydroxyl groups is 1. The van der Waals surface area contributed by atoms with Crippen LogP contribution < -0.4 is 9.61 Å². The maximum atomic E-state index is 11.2. The van der Waals surface area contributed by atoms with Crippen molar-refractivity contribution in [2.75, 3.05) is 6.61 Å². The molecule has 0 saturated heterocycles. The molecule has 1 aliphatic carbocycles. The lowest BCUT2D eigenvalue weighted by atomic mass is 9.75. The highest BCUT2D eigenvalue weighted by molar-refractivity contribution is 7.09. The van der Waals surface area contributed by atoms with Crippen LogP contribution in [0.25, 0.3) is 0 Å². The van der Waals surface area contributed by atoms with Crippen molar-refractivity contribution < 1.29 is 14.9 Å². The molecule has 0 radical (unpaired) electrons. The average Bonchev–Trinajstić information content (AvgIpc) is 2.88. The third kappa shape index (κ3) is 4.19. The van der Waals surface area contributed by atoms with Crippen molar-refractivity contribution in [2.45, 2.75) is 45.1 Å². The summed E-state index contributed by atoms with van der Waals surface area (Å²) >= 11 is 1.03. The molecule has 6 heteroatoms. The highest BCUT2D eigenvalue weighted by atomic mass is 32.1. The van der Waals surface area contributed by atoms with Gasteiger partial charge in [0, 0.05) is 11.8 Å². The van der Waals surface area contributed by atoms with Gasteiger partial charge < -0.3 is 14.9 Å². The Bertz CT molecular complexity index is 726. The maximum Gasteiger partial charge on any atom is 0.307 e. The Morgan fingerprint density at radius 3 is 2.54 bits per heavy atom. The van der Waals surface area contributed by atoms with Gasteiger partial charge in [-0.3, -0.25) is 9.78 Å². The molecule has 2 aromatic rings. The van der Waals surface area contributed by atoms with Crippen LogP contribution in [0.2, 0.25) is 0 Å². The Morgan fingerprint density at radius 2 is 1.96 bits per heavy atom. The SMILES string of the molecule is CC1(COc2ccc(Cc3sc(=O)[nH]c3O)cc2)CCC(O)CC1. The molecule has 0 amide bonds. The second-order valence-corrected chi connectivity index (χ2v) is 8.01. The van der Waals surface area contributed by atoms with Gasteiger partial charge in [-0.2, -0.15) is 0 Å². The number of aliphatic hydroxyl groups excluding tert-OH is 1. The molecular formula is C18H23NO4S. The predicted molar refractivity (Wildman–Crippen MR) is 93.9 cm³/mol. The van der Waals surface area contributed by atoms with E-state index in [1.807, 2.05) is 24.3 Å². The molecule has 1 aromatic heterocycles. The molecule has 3 rings (SSSR count). The van der Waals surface area contributed by atoms with Gasteiger partial charge >= 0.3 is 4.87 Å². The van der Waals surface area contributed by atoms with Gasteiger partial charge in [0.05, 0.1) is 17.6 Å².